The van der Waals surface area contributed by atoms with Crippen LogP contribution >= 0.6 is 0 Å². The highest BCUT2D eigenvalue weighted by Crippen LogP contribution is 2.25. The third-order valence-corrected chi connectivity index (χ3v) is 6.78. The first-order chi connectivity index (χ1) is 16.7. The minimum Gasteiger partial charge on any atom is -0.340 e. The molecule has 0 aliphatic carbocycles. The van der Waals surface area contributed by atoms with Crippen molar-refractivity contribution in [2.24, 2.45) is 5.92 Å². The lowest BCUT2D eigenvalue weighted by molar-refractivity contribution is -0.137. The van der Waals surface area contributed by atoms with Crippen LogP contribution in [-0.4, -0.2) is 64.9 Å². The Morgan fingerprint density at radius 3 is 2.41 bits per heavy atom. The summed E-state index contributed by atoms with van der Waals surface area (Å²) in [7, 11) is 0. The summed E-state index contributed by atoms with van der Waals surface area (Å²) in [4.78, 5) is 28.9. The van der Waals surface area contributed by atoms with Crippen LogP contribution in [0.4, 0.5) is 10.3 Å². The monoisotopic (exact) mass is 459 g/mol. The van der Waals surface area contributed by atoms with Crippen LogP contribution in [0.2, 0.25) is 0 Å². The molecule has 2 aromatic carbocycles. The van der Waals surface area contributed by atoms with E-state index in [0.29, 0.717) is 12.5 Å². The number of carbonyl (C=O) groups is 1. The number of hydrogen-bond donors (Lipinski definition) is 0. The van der Waals surface area contributed by atoms with E-state index in [1.807, 2.05) is 17.0 Å². The van der Waals surface area contributed by atoms with Gasteiger partial charge in [-0.3, -0.25) is 9.69 Å². The number of piperazine rings is 1. The molecule has 1 aromatic heterocycles. The molecular formula is C27H30FN5O. The Kier molecular flexibility index (Phi) is 6.81. The number of anilines is 1. The van der Waals surface area contributed by atoms with E-state index in [2.05, 4.69) is 44.0 Å². The Bertz CT molecular complexity index is 1100. The molecular weight excluding hydrogens is 429 g/mol. The molecule has 2 aliphatic rings. The third-order valence-electron chi connectivity index (χ3n) is 6.78. The summed E-state index contributed by atoms with van der Waals surface area (Å²) in [5.74, 6) is 0.576. The second-order valence-electron chi connectivity index (χ2n) is 9.15. The number of rotatable bonds is 5. The fourth-order valence-corrected chi connectivity index (χ4v) is 4.89. The van der Waals surface area contributed by atoms with Crippen LogP contribution in [0, 0.1) is 11.7 Å². The number of hydrogen-bond acceptors (Lipinski definition) is 5. The summed E-state index contributed by atoms with van der Waals surface area (Å²) in [5, 5.41) is 0. The molecule has 0 bridgehead atoms. The minimum absolute atomic E-state index is 0.0269. The lowest BCUT2D eigenvalue weighted by atomic mass is 9.96. The second kappa shape index (κ2) is 10.3. The predicted octanol–water partition coefficient (Wildman–Crippen LogP) is 3.84. The topological polar surface area (TPSA) is 52.6 Å². The third kappa shape index (κ3) is 5.25. The molecule has 2 fully saturated rings. The van der Waals surface area contributed by atoms with Crippen molar-refractivity contribution in [3.63, 3.8) is 0 Å². The van der Waals surface area contributed by atoms with Gasteiger partial charge < -0.3 is 9.80 Å². The Labute approximate surface area is 200 Å². The molecule has 0 radical (unpaired) electrons. The highest BCUT2D eigenvalue weighted by atomic mass is 19.1. The van der Waals surface area contributed by atoms with Gasteiger partial charge in [0.05, 0.1) is 5.92 Å². The van der Waals surface area contributed by atoms with Crippen LogP contribution in [0.3, 0.4) is 0 Å². The zero-order valence-electron chi connectivity index (χ0n) is 19.3. The van der Waals surface area contributed by atoms with Crippen molar-refractivity contribution < 1.29 is 9.18 Å². The highest BCUT2D eigenvalue weighted by Gasteiger charge is 2.31. The van der Waals surface area contributed by atoms with Gasteiger partial charge in [-0.15, -0.1) is 0 Å². The standard InChI is InChI=1S/C27H30FN5O/c28-25-10-4-8-22(16-25)24-17-29-27(30-18-24)33-11-5-9-23(20-33)26(34)32-14-12-31(13-15-32)19-21-6-2-1-3-7-21/h1-4,6-8,10,16-18,23H,5,9,11-15,19-20H2. The van der Waals surface area contributed by atoms with E-state index >= 15 is 0 Å². The fraction of sp³-hybridized carbons (Fsp3) is 0.370. The zero-order valence-corrected chi connectivity index (χ0v) is 19.3. The van der Waals surface area contributed by atoms with Gasteiger partial charge in [0.15, 0.2) is 0 Å². The molecule has 6 nitrogen and oxygen atoms in total. The Hall–Kier alpha value is -3.32. The highest BCUT2D eigenvalue weighted by molar-refractivity contribution is 5.80. The number of benzene rings is 2. The predicted molar refractivity (Wildman–Crippen MR) is 131 cm³/mol. The summed E-state index contributed by atoms with van der Waals surface area (Å²) in [5.41, 5.74) is 2.85. The van der Waals surface area contributed by atoms with Crippen molar-refractivity contribution in [3.05, 3.63) is 78.4 Å². The molecule has 2 saturated heterocycles. The lowest BCUT2D eigenvalue weighted by Crippen LogP contribution is -2.52. The summed E-state index contributed by atoms with van der Waals surface area (Å²) in [6, 6.07) is 16.9. The normalized spacial score (nSPS) is 19.3. The van der Waals surface area contributed by atoms with Gasteiger partial charge in [-0.1, -0.05) is 42.5 Å². The Morgan fingerprint density at radius 1 is 0.912 bits per heavy atom. The second-order valence-corrected chi connectivity index (χ2v) is 9.15. The molecule has 1 unspecified atom stereocenters. The van der Waals surface area contributed by atoms with Gasteiger partial charge in [0.2, 0.25) is 11.9 Å². The van der Waals surface area contributed by atoms with E-state index in [1.54, 1.807) is 18.5 Å². The molecule has 34 heavy (non-hydrogen) atoms. The van der Waals surface area contributed by atoms with Crippen molar-refractivity contribution in [3.8, 4) is 11.1 Å². The Balaban J connectivity index is 1.16. The lowest BCUT2D eigenvalue weighted by Gasteiger charge is -2.39. The summed E-state index contributed by atoms with van der Waals surface area (Å²) < 4.78 is 13.5. The van der Waals surface area contributed by atoms with Crippen molar-refractivity contribution in [2.75, 3.05) is 44.2 Å². The number of piperidine rings is 1. The first kappa shape index (κ1) is 22.5. The summed E-state index contributed by atoms with van der Waals surface area (Å²) in [6.45, 7) is 5.78. The number of aromatic nitrogens is 2. The van der Waals surface area contributed by atoms with Gasteiger partial charge in [0.1, 0.15) is 5.82 Å². The molecule has 2 aliphatic heterocycles. The van der Waals surface area contributed by atoms with E-state index in [-0.39, 0.29) is 17.6 Å². The van der Waals surface area contributed by atoms with Gasteiger partial charge in [-0.2, -0.15) is 0 Å². The molecule has 5 rings (SSSR count). The molecule has 0 spiro atoms. The van der Waals surface area contributed by atoms with Gasteiger partial charge >= 0.3 is 0 Å². The van der Waals surface area contributed by atoms with E-state index < -0.39 is 0 Å². The van der Waals surface area contributed by atoms with Gasteiger partial charge in [-0.25, -0.2) is 14.4 Å². The number of halogens is 1. The van der Waals surface area contributed by atoms with Crippen molar-refractivity contribution >= 4 is 11.9 Å². The largest absolute Gasteiger partial charge is 0.340 e. The van der Waals surface area contributed by atoms with E-state index in [9.17, 15) is 9.18 Å². The first-order valence-electron chi connectivity index (χ1n) is 12.0. The van der Waals surface area contributed by atoms with Crippen molar-refractivity contribution in [1.29, 1.82) is 0 Å². The quantitative estimate of drug-likeness (QED) is 0.580. The molecule has 3 heterocycles. The molecule has 1 atom stereocenters. The summed E-state index contributed by atoms with van der Waals surface area (Å²) in [6.07, 6.45) is 5.31. The van der Waals surface area contributed by atoms with E-state index in [1.165, 1.54) is 17.7 Å². The number of amides is 1. The fourth-order valence-electron chi connectivity index (χ4n) is 4.89. The van der Waals surface area contributed by atoms with E-state index in [4.69, 9.17) is 0 Å². The molecule has 7 heteroatoms. The molecule has 3 aromatic rings. The summed E-state index contributed by atoms with van der Waals surface area (Å²) >= 11 is 0. The average molecular weight is 460 g/mol. The SMILES string of the molecule is O=C(C1CCCN(c2ncc(-c3cccc(F)c3)cn2)C1)N1CCN(Cc2ccccc2)CC1. The first-order valence-corrected chi connectivity index (χ1v) is 12.0. The van der Waals surface area contributed by atoms with Crippen LogP contribution in [-0.2, 0) is 11.3 Å². The maximum Gasteiger partial charge on any atom is 0.227 e. The molecule has 0 saturated carbocycles. The number of nitrogens with zero attached hydrogens (tertiary/aromatic N) is 5. The van der Waals surface area contributed by atoms with Gasteiger partial charge in [-0.05, 0) is 36.1 Å². The Morgan fingerprint density at radius 2 is 1.68 bits per heavy atom. The molecule has 1 amide bonds. The van der Waals surface area contributed by atoms with E-state index in [0.717, 1.165) is 63.2 Å². The van der Waals surface area contributed by atoms with Gasteiger partial charge in [0, 0.05) is 63.8 Å². The van der Waals surface area contributed by atoms with Crippen LogP contribution in [0.1, 0.15) is 18.4 Å². The zero-order chi connectivity index (χ0) is 23.3. The van der Waals surface area contributed by atoms with Gasteiger partial charge in [0.25, 0.3) is 0 Å². The maximum atomic E-state index is 13.5. The van der Waals surface area contributed by atoms with Crippen LogP contribution in [0.5, 0.6) is 0 Å². The van der Waals surface area contributed by atoms with Crippen molar-refractivity contribution in [2.45, 2.75) is 19.4 Å². The molecule has 0 N–H and O–H groups in total. The smallest absolute Gasteiger partial charge is 0.227 e. The number of carbonyl (C=O) groups excluding carboxylic acids is 1. The average Bonchev–Trinajstić information content (AvgIpc) is 2.89. The van der Waals surface area contributed by atoms with Crippen molar-refractivity contribution in [1.82, 2.24) is 19.8 Å². The minimum atomic E-state index is -0.278. The molecule has 176 valence electrons. The van der Waals surface area contributed by atoms with Crippen LogP contribution in [0.15, 0.2) is 67.0 Å². The maximum absolute atomic E-state index is 13.5. The van der Waals surface area contributed by atoms with Crippen LogP contribution in [0.25, 0.3) is 11.1 Å². The van der Waals surface area contributed by atoms with Crippen LogP contribution < -0.4 is 4.90 Å².